The zero-order valence-corrected chi connectivity index (χ0v) is 19.9. The number of H-pyrrole nitrogens is 1. The van der Waals surface area contributed by atoms with E-state index in [1.54, 1.807) is 25.3 Å². The topological polar surface area (TPSA) is 91.9 Å². The Morgan fingerprint density at radius 3 is 2.65 bits per heavy atom. The highest BCUT2D eigenvalue weighted by atomic mass is 16.5. The first-order valence-corrected chi connectivity index (χ1v) is 11.4. The maximum atomic E-state index is 13.2. The number of nitrogens with one attached hydrogen (secondary N) is 1. The molecule has 1 aliphatic rings. The predicted molar refractivity (Wildman–Crippen MR) is 131 cm³/mol. The maximum Gasteiger partial charge on any atom is 0.295 e. The first-order valence-electron chi connectivity index (χ1n) is 11.4. The number of aliphatic hydroxyl groups excluding tert-OH is 1. The van der Waals surface area contributed by atoms with Gasteiger partial charge in [-0.1, -0.05) is 18.2 Å². The van der Waals surface area contributed by atoms with Crippen LogP contribution in [0.4, 0.5) is 0 Å². The van der Waals surface area contributed by atoms with Crippen LogP contribution in [0.1, 0.15) is 43.0 Å². The van der Waals surface area contributed by atoms with E-state index in [-0.39, 0.29) is 17.4 Å². The highest BCUT2D eigenvalue weighted by Gasteiger charge is 2.46. The molecule has 178 valence electrons. The molecule has 1 fully saturated rings. The van der Waals surface area contributed by atoms with Crippen molar-refractivity contribution in [3.8, 4) is 5.75 Å². The van der Waals surface area contributed by atoms with E-state index >= 15 is 0 Å². The number of aliphatic hydroxyl groups is 1. The fourth-order valence-electron chi connectivity index (χ4n) is 4.47. The molecule has 7 heteroatoms. The molecule has 1 aromatic heterocycles. The molecular weight excluding hydrogens is 432 g/mol. The van der Waals surface area contributed by atoms with Crippen molar-refractivity contribution in [1.29, 1.82) is 0 Å². The summed E-state index contributed by atoms with van der Waals surface area (Å²) in [5.74, 6) is -0.795. The number of fused-ring (bicyclic) bond motifs is 1. The number of Topliss-reactive ketones (excluding diaryl/α,β-unsaturated/α-hetero) is 1. The van der Waals surface area contributed by atoms with E-state index in [0.717, 1.165) is 22.0 Å². The zero-order valence-electron chi connectivity index (χ0n) is 19.9. The average molecular weight is 463 g/mol. The third-order valence-corrected chi connectivity index (χ3v) is 6.01. The summed E-state index contributed by atoms with van der Waals surface area (Å²) in [5.41, 5.74) is 3.05. The van der Waals surface area contributed by atoms with Gasteiger partial charge < -0.3 is 24.5 Å². The van der Waals surface area contributed by atoms with Crippen LogP contribution in [0.25, 0.3) is 16.7 Å². The van der Waals surface area contributed by atoms with Crippen LogP contribution in [-0.4, -0.2) is 53.0 Å². The van der Waals surface area contributed by atoms with E-state index in [1.165, 1.54) is 4.90 Å². The molecule has 1 aliphatic heterocycles. The van der Waals surface area contributed by atoms with Gasteiger partial charge in [0.2, 0.25) is 0 Å². The molecule has 2 heterocycles. The Hall–Kier alpha value is -3.58. The summed E-state index contributed by atoms with van der Waals surface area (Å²) in [4.78, 5) is 31.1. The summed E-state index contributed by atoms with van der Waals surface area (Å²) in [6.45, 7) is 6.56. The quantitative estimate of drug-likeness (QED) is 0.219. The van der Waals surface area contributed by atoms with E-state index in [4.69, 9.17) is 9.47 Å². The number of nitrogens with zero attached hydrogens (tertiary/aromatic N) is 1. The van der Waals surface area contributed by atoms with Crippen LogP contribution in [0.15, 0.2) is 54.2 Å². The number of ether oxygens (including phenoxy) is 2. The number of benzene rings is 2. The van der Waals surface area contributed by atoms with Crippen molar-refractivity contribution in [1.82, 2.24) is 9.88 Å². The van der Waals surface area contributed by atoms with Gasteiger partial charge in [-0.2, -0.15) is 0 Å². The Kier molecular flexibility index (Phi) is 6.75. The van der Waals surface area contributed by atoms with Crippen molar-refractivity contribution >= 4 is 28.4 Å². The lowest BCUT2D eigenvalue weighted by Gasteiger charge is -2.25. The normalized spacial score (nSPS) is 17.8. The predicted octanol–water partition coefficient (Wildman–Crippen LogP) is 4.72. The van der Waals surface area contributed by atoms with Crippen LogP contribution in [0.2, 0.25) is 0 Å². The Bertz CT molecular complexity index is 1260. The van der Waals surface area contributed by atoms with Crippen molar-refractivity contribution in [2.24, 2.45) is 0 Å². The lowest BCUT2D eigenvalue weighted by molar-refractivity contribution is -0.140. The van der Waals surface area contributed by atoms with Gasteiger partial charge in [-0.25, -0.2) is 0 Å². The molecule has 0 bridgehead atoms. The van der Waals surface area contributed by atoms with Crippen LogP contribution in [-0.2, 0) is 14.3 Å². The van der Waals surface area contributed by atoms with Crippen LogP contribution in [0.5, 0.6) is 5.75 Å². The average Bonchev–Trinajstić information content (AvgIpc) is 3.34. The first-order chi connectivity index (χ1) is 16.3. The van der Waals surface area contributed by atoms with Crippen LogP contribution < -0.4 is 4.74 Å². The van der Waals surface area contributed by atoms with Crippen molar-refractivity contribution in [2.45, 2.75) is 39.3 Å². The number of carbonyl (C=O) groups excluding carboxylic acids is 2. The highest BCUT2D eigenvalue weighted by Crippen LogP contribution is 2.42. The number of aryl methyl sites for hydroxylation is 1. The number of aromatic nitrogens is 1. The Labute approximate surface area is 199 Å². The summed E-state index contributed by atoms with van der Waals surface area (Å²) in [6, 6.07) is 12.3. The standard InChI is InChI=1S/C27H30N2O5/c1-16(2)34-22-11-10-18(14-17(22)3)25(30)23-24(20-15-28-21-9-6-5-8-19(20)21)29(12-7-13-33-4)27(32)26(23)31/h5-6,8-11,14-16,24,28,30H,7,12-13H2,1-4H3/b25-23+. The smallest absolute Gasteiger partial charge is 0.295 e. The van der Waals surface area contributed by atoms with E-state index in [0.29, 0.717) is 30.9 Å². The van der Waals surface area contributed by atoms with E-state index in [9.17, 15) is 14.7 Å². The summed E-state index contributed by atoms with van der Waals surface area (Å²) in [6.07, 6.45) is 2.39. The van der Waals surface area contributed by atoms with Crippen molar-refractivity contribution in [2.75, 3.05) is 20.3 Å². The molecule has 0 radical (unpaired) electrons. The summed E-state index contributed by atoms with van der Waals surface area (Å²) in [7, 11) is 1.60. The molecule has 2 aromatic carbocycles. The van der Waals surface area contributed by atoms with Gasteiger partial charge in [0.25, 0.3) is 11.7 Å². The second-order valence-corrected chi connectivity index (χ2v) is 8.78. The first kappa shape index (κ1) is 23.6. The number of aromatic amines is 1. The lowest BCUT2D eigenvalue weighted by Crippen LogP contribution is -2.31. The fourth-order valence-corrected chi connectivity index (χ4v) is 4.47. The molecule has 0 spiro atoms. The van der Waals surface area contributed by atoms with E-state index < -0.39 is 17.7 Å². The molecule has 1 saturated heterocycles. The molecule has 1 amide bonds. The summed E-state index contributed by atoms with van der Waals surface area (Å²) in [5, 5.41) is 12.2. The van der Waals surface area contributed by atoms with Gasteiger partial charge in [-0.05, 0) is 57.0 Å². The lowest BCUT2D eigenvalue weighted by atomic mass is 9.94. The molecule has 4 rings (SSSR count). The SMILES string of the molecule is COCCCN1C(=O)C(=O)/C(=C(/O)c2ccc(OC(C)C)c(C)c2)C1c1c[nH]c2ccccc12. The molecule has 2 N–H and O–H groups in total. The molecule has 7 nitrogen and oxygen atoms in total. The highest BCUT2D eigenvalue weighted by molar-refractivity contribution is 6.46. The second kappa shape index (κ2) is 9.73. The molecule has 34 heavy (non-hydrogen) atoms. The maximum absolute atomic E-state index is 13.2. The number of methoxy groups -OCH3 is 1. The zero-order chi connectivity index (χ0) is 24.4. The second-order valence-electron chi connectivity index (χ2n) is 8.78. The Morgan fingerprint density at radius 1 is 1.18 bits per heavy atom. The molecule has 0 saturated carbocycles. The van der Waals surface area contributed by atoms with Crippen molar-refractivity contribution in [3.63, 3.8) is 0 Å². The van der Waals surface area contributed by atoms with Crippen LogP contribution in [0.3, 0.4) is 0 Å². The minimum atomic E-state index is -0.708. The number of rotatable bonds is 8. The van der Waals surface area contributed by atoms with Gasteiger partial charge in [0.1, 0.15) is 11.5 Å². The van der Waals surface area contributed by atoms with Gasteiger partial charge in [0.05, 0.1) is 17.7 Å². The summed E-state index contributed by atoms with van der Waals surface area (Å²) < 4.78 is 11.0. The van der Waals surface area contributed by atoms with E-state index in [2.05, 4.69) is 4.98 Å². The number of para-hydroxylation sites is 1. The number of amides is 1. The van der Waals surface area contributed by atoms with E-state index in [1.807, 2.05) is 51.2 Å². The van der Waals surface area contributed by atoms with Crippen LogP contribution in [0, 0.1) is 6.92 Å². The van der Waals surface area contributed by atoms with Crippen molar-refractivity contribution in [3.05, 3.63) is 70.9 Å². The van der Waals surface area contributed by atoms with Gasteiger partial charge in [0, 0.05) is 48.5 Å². The molecule has 0 aliphatic carbocycles. The Morgan fingerprint density at radius 2 is 1.94 bits per heavy atom. The third-order valence-electron chi connectivity index (χ3n) is 6.01. The minimum Gasteiger partial charge on any atom is -0.507 e. The molecule has 3 aromatic rings. The van der Waals surface area contributed by atoms with Gasteiger partial charge in [-0.3, -0.25) is 9.59 Å². The number of likely N-dealkylation sites (tertiary alicyclic amines) is 1. The number of carbonyl (C=O) groups is 2. The fraction of sp³-hybridized carbons (Fsp3) is 0.333. The number of ketones is 1. The number of hydrogen-bond acceptors (Lipinski definition) is 5. The summed E-state index contributed by atoms with van der Waals surface area (Å²) >= 11 is 0. The van der Waals surface area contributed by atoms with Gasteiger partial charge >= 0.3 is 0 Å². The monoisotopic (exact) mass is 462 g/mol. The van der Waals surface area contributed by atoms with Crippen molar-refractivity contribution < 1.29 is 24.2 Å². The molecule has 1 unspecified atom stereocenters. The van der Waals surface area contributed by atoms with Crippen LogP contribution >= 0.6 is 0 Å². The molecule has 1 atom stereocenters. The molecular formula is C27H30N2O5. The number of hydrogen-bond donors (Lipinski definition) is 2. The van der Waals surface area contributed by atoms with Gasteiger partial charge in [-0.15, -0.1) is 0 Å². The van der Waals surface area contributed by atoms with Gasteiger partial charge in [0.15, 0.2) is 0 Å². The minimum absolute atomic E-state index is 0.0115. The third kappa shape index (κ3) is 4.31. The Balaban J connectivity index is 1.84. The largest absolute Gasteiger partial charge is 0.507 e.